The molecule has 1 aliphatic heterocycles. The van der Waals surface area contributed by atoms with Gasteiger partial charge in [-0.25, -0.2) is 9.68 Å². The van der Waals surface area contributed by atoms with Crippen LogP contribution in [0, 0.1) is 0 Å². The molecular weight excluding hydrogens is 206 g/mol. The van der Waals surface area contributed by atoms with E-state index >= 15 is 0 Å². The van der Waals surface area contributed by atoms with E-state index in [1.54, 1.807) is 5.06 Å². The number of carboxylic acids is 1. The van der Waals surface area contributed by atoms with E-state index in [1.165, 1.54) is 0 Å². The molecule has 0 aromatic carbocycles. The molecule has 0 bridgehead atoms. The average molecular weight is 221 g/mol. The van der Waals surface area contributed by atoms with Crippen LogP contribution in [0.15, 0.2) is 0 Å². The molecule has 0 aromatic heterocycles. The summed E-state index contributed by atoms with van der Waals surface area (Å²) < 4.78 is 0. The van der Waals surface area contributed by atoms with Crippen LogP contribution >= 0.6 is 0 Å². The summed E-state index contributed by atoms with van der Waals surface area (Å²) in [6.45, 7) is 1.11. The first kappa shape index (κ1) is 12.3. The lowest BCUT2D eigenvalue weighted by Crippen LogP contribution is -2.37. The summed E-state index contributed by atoms with van der Waals surface area (Å²) in [6.07, 6.45) is -1.31. The number of aliphatic hydroxyl groups is 2. The molecule has 1 fully saturated rings. The van der Waals surface area contributed by atoms with E-state index < -0.39 is 18.2 Å². The van der Waals surface area contributed by atoms with Gasteiger partial charge in [0.15, 0.2) is 6.10 Å². The highest BCUT2D eigenvalue weighted by Gasteiger charge is 2.24. The highest BCUT2D eigenvalue weighted by atomic mass is 17.3. The van der Waals surface area contributed by atoms with Crippen molar-refractivity contribution in [3.8, 4) is 0 Å². The fourth-order valence-corrected chi connectivity index (χ4v) is 1.19. The first-order chi connectivity index (χ1) is 7.11. The summed E-state index contributed by atoms with van der Waals surface area (Å²) in [5.74, 6) is -1.49. The summed E-state index contributed by atoms with van der Waals surface area (Å²) in [6, 6.07) is 0. The van der Waals surface area contributed by atoms with Gasteiger partial charge in [0.1, 0.15) is 12.7 Å². The van der Waals surface area contributed by atoms with Crippen LogP contribution in [-0.4, -0.2) is 58.3 Å². The van der Waals surface area contributed by atoms with Gasteiger partial charge in [-0.3, -0.25) is 0 Å². The van der Waals surface area contributed by atoms with Crippen LogP contribution in [0.2, 0.25) is 0 Å². The fourth-order valence-electron chi connectivity index (χ4n) is 1.19. The lowest BCUT2D eigenvalue weighted by Gasteiger charge is -2.16. The smallest absolute Gasteiger partial charge is 0.335 e. The Morgan fingerprint density at radius 1 is 1.33 bits per heavy atom. The van der Waals surface area contributed by atoms with Crippen LogP contribution in [0.4, 0.5) is 0 Å². The Bertz CT molecular complexity index is 205. The van der Waals surface area contributed by atoms with Crippen molar-refractivity contribution >= 4 is 5.97 Å². The Labute approximate surface area is 86.7 Å². The second-order valence-corrected chi connectivity index (χ2v) is 3.35. The zero-order chi connectivity index (χ0) is 11.3. The molecular formula is C8H15NO6. The molecule has 7 nitrogen and oxygen atoms in total. The molecule has 1 aliphatic rings. The van der Waals surface area contributed by atoms with Gasteiger partial charge in [0.05, 0.1) is 0 Å². The Kier molecular flexibility index (Phi) is 4.92. The first-order valence-corrected chi connectivity index (χ1v) is 4.74. The van der Waals surface area contributed by atoms with Gasteiger partial charge in [-0.15, -0.1) is 4.99 Å². The lowest BCUT2D eigenvalue weighted by atomic mass is 10.2. The third-order valence-electron chi connectivity index (χ3n) is 2.08. The van der Waals surface area contributed by atoms with Gasteiger partial charge in [0, 0.05) is 13.1 Å². The van der Waals surface area contributed by atoms with Gasteiger partial charge in [0.25, 0.3) is 0 Å². The number of rotatable bonds is 6. The van der Waals surface area contributed by atoms with E-state index in [0.29, 0.717) is 0 Å². The summed E-state index contributed by atoms with van der Waals surface area (Å²) in [7, 11) is 0. The zero-order valence-electron chi connectivity index (χ0n) is 8.20. The summed E-state index contributed by atoms with van der Waals surface area (Å²) in [4.78, 5) is 19.6. The normalized spacial score (nSPS) is 21.5. The third kappa shape index (κ3) is 4.10. The van der Waals surface area contributed by atoms with Crippen molar-refractivity contribution in [2.24, 2.45) is 0 Å². The molecule has 2 atom stereocenters. The number of nitrogens with zero attached hydrogens (tertiary/aromatic N) is 1. The third-order valence-corrected chi connectivity index (χ3v) is 2.08. The molecule has 2 unspecified atom stereocenters. The van der Waals surface area contributed by atoms with Crippen molar-refractivity contribution in [1.29, 1.82) is 0 Å². The minimum Gasteiger partial charge on any atom is -0.479 e. The largest absolute Gasteiger partial charge is 0.479 e. The molecule has 0 aliphatic carbocycles. The molecule has 0 saturated carbocycles. The second-order valence-electron chi connectivity index (χ2n) is 3.35. The van der Waals surface area contributed by atoms with Crippen LogP contribution < -0.4 is 0 Å². The van der Waals surface area contributed by atoms with Crippen LogP contribution in [-0.2, 0) is 14.7 Å². The highest BCUT2D eigenvalue weighted by molar-refractivity contribution is 5.72. The van der Waals surface area contributed by atoms with Crippen molar-refractivity contribution in [1.82, 2.24) is 5.06 Å². The molecule has 0 radical (unpaired) electrons. The Morgan fingerprint density at radius 3 is 2.47 bits per heavy atom. The summed E-state index contributed by atoms with van der Waals surface area (Å²) in [5.41, 5.74) is 0. The number of hydroxylamine groups is 2. The van der Waals surface area contributed by atoms with Crippen molar-refractivity contribution in [3.63, 3.8) is 0 Å². The fraction of sp³-hybridized carbons (Fsp3) is 0.875. The number of hydrogen-bond donors (Lipinski definition) is 3. The molecule has 1 rings (SSSR count). The number of aliphatic hydroxyl groups excluding tert-OH is 2. The Hall–Kier alpha value is -0.730. The quantitative estimate of drug-likeness (QED) is 0.380. The molecule has 0 spiro atoms. The van der Waals surface area contributed by atoms with Gasteiger partial charge in [-0.05, 0) is 12.8 Å². The van der Waals surface area contributed by atoms with Gasteiger partial charge < -0.3 is 15.3 Å². The minimum absolute atomic E-state index is 0.385. The molecule has 0 aromatic rings. The number of aliphatic carboxylic acids is 1. The Morgan fingerprint density at radius 2 is 1.93 bits per heavy atom. The van der Waals surface area contributed by atoms with E-state index in [0.717, 1.165) is 25.9 Å². The van der Waals surface area contributed by atoms with Crippen LogP contribution in [0.25, 0.3) is 0 Å². The summed E-state index contributed by atoms with van der Waals surface area (Å²) in [5, 5.41) is 27.9. The van der Waals surface area contributed by atoms with Gasteiger partial charge >= 0.3 is 5.97 Å². The molecule has 1 heterocycles. The van der Waals surface area contributed by atoms with Gasteiger partial charge in [0.2, 0.25) is 0 Å². The van der Waals surface area contributed by atoms with Crippen molar-refractivity contribution in [3.05, 3.63) is 0 Å². The number of carbonyl (C=O) groups is 1. The lowest BCUT2D eigenvalue weighted by molar-refractivity contribution is -0.427. The predicted octanol–water partition coefficient (Wildman–Crippen LogP) is -1.25. The summed E-state index contributed by atoms with van der Waals surface area (Å²) >= 11 is 0. The SMILES string of the molecule is O=C(O)C(O)C(O)COON1CCCC1. The van der Waals surface area contributed by atoms with E-state index in [-0.39, 0.29) is 6.61 Å². The van der Waals surface area contributed by atoms with Crippen molar-refractivity contribution < 1.29 is 30.0 Å². The molecule has 0 amide bonds. The molecule has 7 heteroatoms. The Balaban J connectivity index is 2.10. The molecule has 15 heavy (non-hydrogen) atoms. The van der Waals surface area contributed by atoms with E-state index in [9.17, 15) is 4.79 Å². The van der Waals surface area contributed by atoms with E-state index in [1.807, 2.05) is 0 Å². The van der Waals surface area contributed by atoms with Gasteiger partial charge in [-0.2, -0.15) is 5.06 Å². The first-order valence-electron chi connectivity index (χ1n) is 4.74. The topological polar surface area (TPSA) is 99.5 Å². The zero-order valence-corrected chi connectivity index (χ0v) is 8.20. The minimum atomic E-state index is -1.85. The maximum atomic E-state index is 10.2. The average Bonchev–Trinajstić information content (AvgIpc) is 2.69. The molecule has 3 N–H and O–H groups in total. The maximum absolute atomic E-state index is 10.2. The van der Waals surface area contributed by atoms with E-state index in [4.69, 9.17) is 20.3 Å². The number of carboxylic acid groups (broad SMARTS) is 1. The standard InChI is InChI=1S/C8H15NO6/c10-6(7(11)8(12)13)5-14-15-9-3-1-2-4-9/h6-7,10-11H,1-5H2,(H,12,13). The van der Waals surface area contributed by atoms with Crippen LogP contribution in [0.5, 0.6) is 0 Å². The maximum Gasteiger partial charge on any atom is 0.335 e. The van der Waals surface area contributed by atoms with Crippen molar-refractivity contribution in [2.75, 3.05) is 19.7 Å². The molecule has 1 saturated heterocycles. The predicted molar refractivity (Wildman–Crippen MR) is 47.5 cm³/mol. The monoisotopic (exact) mass is 221 g/mol. The van der Waals surface area contributed by atoms with Crippen molar-refractivity contribution in [2.45, 2.75) is 25.0 Å². The van der Waals surface area contributed by atoms with Crippen LogP contribution in [0.3, 0.4) is 0 Å². The molecule has 88 valence electrons. The van der Waals surface area contributed by atoms with Crippen LogP contribution in [0.1, 0.15) is 12.8 Å². The van der Waals surface area contributed by atoms with Gasteiger partial charge in [-0.1, -0.05) is 0 Å². The van der Waals surface area contributed by atoms with E-state index in [2.05, 4.69) is 4.89 Å². The highest BCUT2D eigenvalue weighted by Crippen LogP contribution is 2.08. The number of hydrogen-bond acceptors (Lipinski definition) is 6. The second kappa shape index (κ2) is 5.99.